The molecule has 0 amide bonds. The highest BCUT2D eigenvalue weighted by molar-refractivity contribution is 6.27. The van der Waals surface area contributed by atoms with Gasteiger partial charge in [0.15, 0.2) is 5.69 Å². The molecule has 0 aromatic carbocycles. The summed E-state index contributed by atoms with van der Waals surface area (Å²) in [6.07, 6.45) is 1.15. The van der Waals surface area contributed by atoms with Crippen LogP contribution >= 0.6 is 11.6 Å². The molecule has 1 aromatic heterocycles. The molecule has 0 saturated heterocycles. The molecule has 0 aliphatic rings. The van der Waals surface area contributed by atoms with E-state index in [1.807, 2.05) is 13.8 Å². The molecule has 0 radical (unpaired) electrons. The predicted molar refractivity (Wildman–Crippen MR) is 48.8 cm³/mol. The van der Waals surface area contributed by atoms with Crippen LogP contribution in [0.15, 0.2) is 10.7 Å². The van der Waals surface area contributed by atoms with Crippen molar-refractivity contribution in [2.45, 2.75) is 20.8 Å². The molecule has 1 heterocycles. The summed E-state index contributed by atoms with van der Waals surface area (Å²) in [7, 11) is 0. The minimum atomic E-state index is -0.525. The Labute approximate surface area is 81.9 Å². The third-order valence-corrected chi connectivity index (χ3v) is 1.13. The summed E-state index contributed by atoms with van der Waals surface area (Å²) in [5, 5.41) is -0.0620. The van der Waals surface area contributed by atoms with Crippen molar-refractivity contribution in [2.75, 3.05) is 6.61 Å². The molecule has 0 aliphatic heterocycles. The summed E-state index contributed by atoms with van der Waals surface area (Å²) < 4.78 is 9.21. The molecule has 0 saturated carbocycles. The largest absolute Gasteiger partial charge is 0.461 e. The average molecular weight is 206 g/mol. The summed E-state index contributed by atoms with van der Waals surface area (Å²) >= 11 is 5.32. The predicted octanol–water partition coefficient (Wildman–Crippen LogP) is 2.53. The minimum Gasteiger partial charge on any atom is -0.461 e. The third-order valence-electron chi connectivity index (χ3n) is 0.961. The maximum atomic E-state index is 10.9. The maximum absolute atomic E-state index is 10.9. The monoisotopic (exact) mass is 205 g/mol. The van der Waals surface area contributed by atoms with Crippen LogP contribution in [0.1, 0.15) is 31.3 Å². The lowest BCUT2D eigenvalue weighted by atomic mass is 10.5. The molecule has 0 fully saturated rings. The highest BCUT2D eigenvalue weighted by Gasteiger charge is 2.11. The van der Waals surface area contributed by atoms with E-state index in [2.05, 4.69) is 14.1 Å². The van der Waals surface area contributed by atoms with Gasteiger partial charge in [-0.15, -0.1) is 0 Å². The second-order valence-electron chi connectivity index (χ2n) is 1.71. The van der Waals surface area contributed by atoms with Gasteiger partial charge in [-0.3, -0.25) is 0 Å². The van der Waals surface area contributed by atoms with Crippen molar-refractivity contribution in [3.63, 3.8) is 0 Å². The summed E-state index contributed by atoms with van der Waals surface area (Å²) in [5.41, 5.74) is 0.0943. The number of carbonyl (C=O) groups excluding carboxylic acids is 1. The van der Waals surface area contributed by atoms with E-state index in [1.165, 1.54) is 0 Å². The van der Waals surface area contributed by atoms with Crippen molar-refractivity contribution >= 4 is 17.6 Å². The summed E-state index contributed by atoms with van der Waals surface area (Å²) in [5.74, 6) is -0.525. The van der Waals surface area contributed by atoms with Gasteiger partial charge >= 0.3 is 5.97 Å². The number of hydrogen-bond donors (Lipinski definition) is 0. The van der Waals surface area contributed by atoms with Crippen molar-refractivity contribution in [3.8, 4) is 0 Å². The van der Waals surface area contributed by atoms with E-state index >= 15 is 0 Å². The molecule has 1 aromatic rings. The van der Waals surface area contributed by atoms with Crippen LogP contribution in [0.4, 0.5) is 0 Å². The van der Waals surface area contributed by atoms with Gasteiger partial charge in [0, 0.05) is 0 Å². The maximum Gasteiger partial charge on any atom is 0.360 e. The van der Waals surface area contributed by atoms with Crippen molar-refractivity contribution in [2.24, 2.45) is 0 Å². The molecule has 1 rings (SSSR count). The molecule has 0 bridgehead atoms. The number of halogens is 1. The summed E-state index contributed by atoms with van der Waals surface area (Å²) in [6, 6.07) is 0. The number of ether oxygens (including phenoxy) is 1. The second kappa shape index (κ2) is 6.48. The van der Waals surface area contributed by atoms with E-state index in [4.69, 9.17) is 11.6 Å². The number of oxazole rings is 1. The Morgan fingerprint density at radius 1 is 1.69 bits per heavy atom. The van der Waals surface area contributed by atoms with E-state index < -0.39 is 5.97 Å². The lowest BCUT2D eigenvalue weighted by molar-refractivity contribution is 0.0519. The first kappa shape index (κ1) is 12.0. The van der Waals surface area contributed by atoms with Gasteiger partial charge in [-0.1, -0.05) is 13.8 Å². The van der Waals surface area contributed by atoms with Crippen molar-refractivity contribution < 1.29 is 13.9 Å². The van der Waals surface area contributed by atoms with Crippen molar-refractivity contribution in [3.05, 3.63) is 17.3 Å². The molecule has 0 N–H and O–H groups in total. The van der Waals surface area contributed by atoms with Crippen LogP contribution in [0.5, 0.6) is 0 Å². The standard InChI is InChI=1S/C6H6ClNO3.C2H6/c1-2-10-5(9)4-3-11-6(7)8-4;1-2/h3H,2H2,1H3;1-2H3. The van der Waals surface area contributed by atoms with E-state index in [1.54, 1.807) is 6.92 Å². The van der Waals surface area contributed by atoms with Crippen LogP contribution < -0.4 is 0 Å². The zero-order chi connectivity index (χ0) is 10.3. The Hall–Kier alpha value is -1.03. The fraction of sp³-hybridized carbons (Fsp3) is 0.500. The van der Waals surface area contributed by atoms with Gasteiger partial charge in [0.25, 0.3) is 5.35 Å². The first-order valence-electron chi connectivity index (χ1n) is 4.02. The van der Waals surface area contributed by atoms with E-state index in [9.17, 15) is 4.79 Å². The quantitative estimate of drug-likeness (QED) is 0.697. The SMILES string of the molecule is CC.CCOC(=O)c1coc(Cl)n1. The van der Waals surface area contributed by atoms with Crippen LogP contribution in [0, 0.1) is 0 Å². The molecular weight excluding hydrogens is 194 g/mol. The number of aromatic nitrogens is 1. The first-order valence-corrected chi connectivity index (χ1v) is 4.40. The Bertz CT molecular complexity index is 260. The molecule has 0 spiro atoms. The van der Waals surface area contributed by atoms with Crippen molar-refractivity contribution in [1.82, 2.24) is 4.98 Å². The molecule has 74 valence electrons. The van der Waals surface area contributed by atoms with Gasteiger partial charge in [0.2, 0.25) is 0 Å². The topological polar surface area (TPSA) is 52.3 Å². The number of hydrogen-bond acceptors (Lipinski definition) is 4. The molecule has 13 heavy (non-hydrogen) atoms. The molecule has 5 heteroatoms. The van der Waals surface area contributed by atoms with Crippen LogP contribution in [-0.2, 0) is 4.74 Å². The molecule has 0 unspecified atom stereocenters. The Kier molecular flexibility index (Phi) is 5.97. The van der Waals surface area contributed by atoms with Gasteiger partial charge < -0.3 is 9.15 Å². The van der Waals surface area contributed by atoms with Gasteiger partial charge in [-0.25, -0.2) is 4.79 Å². The Balaban J connectivity index is 0.000000671. The number of rotatable bonds is 2. The van der Waals surface area contributed by atoms with Gasteiger partial charge in [-0.2, -0.15) is 4.98 Å². The second-order valence-corrected chi connectivity index (χ2v) is 2.03. The van der Waals surface area contributed by atoms with E-state index in [-0.39, 0.29) is 11.0 Å². The van der Waals surface area contributed by atoms with Gasteiger partial charge in [0.05, 0.1) is 6.61 Å². The van der Waals surface area contributed by atoms with Crippen LogP contribution in [-0.4, -0.2) is 17.6 Å². The lowest BCUT2D eigenvalue weighted by Crippen LogP contribution is -2.04. The van der Waals surface area contributed by atoms with E-state index in [0.717, 1.165) is 6.26 Å². The van der Waals surface area contributed by atoms with Crippen LogP contribution in [0.3, 0.4) is 0 Å². The van der Waals surface area contributed by atoms with Gasteiger partial charge in [-0.05, 0) is 18.5 Å². The lowest BCUT2D eigenvalue weighted by Gasteiger charge is -1.94. The Morgan fingerprint density at radius 3 is 2.69 bits per heavy atom. The zero-order valence-corrected chi connectivity index (χ0v) is 8.59. The highest BCUT2D eigenvalue weighted by Crippen LogP contribution is 2.07. The fourth-order valence-corrected chi connectivity index (χ4v) is 0.686. The smallest absolute Gasteiger partial charge is 0.360 e. The molecule has 0 aliphatic carbocycles. The third kappa shape index (κ3) is 3.94. The zero-order valence-electron chi connectivity index (χ0n) is 7.83. The van der Waals surface area contributed by atoms with Crippen LogP contribution in [0.2, 0.25) is 5.35 Å². The average Bonchev–Trinajstić information content (AvgIpc) is 2.56. The van der Waals surface area contributed by atoms with Crippen molar-refractivity contribution in [1.29, 1.82) is 0 Å². The minimum absolute atomic E-state index is 0.0620. The summed E-state index contributed by atoms with van der Waals surface area (Å²) in [6.45, 7) is 6.02. The molecule has 4 nitrogen and oxygen atoms in total. The number of esters is 1. The molecular formula is C8H12ClNO3. The normalized spacial score (nSPS) is 8.62. The van der Waals surface area contributed by atoms with E-state index in [0.29, 0.717) is 6.61 Å². The number of carbonyl (C=O) groups is 1. The first-order chi connectivity index (χ1) is 6.24. The Morgan fingerprint density at radius 2 is 2.31 bits per heavy atom. The number of nitrogens with zero attached hydrogens (tertiary/aromatic N) is 1. The van der Waals surface area contributed by atoms with Crippen LogP contribution in [0.25, 0.3) is 0 Å². The highest BCUT2D eigenvalue weighted by atomic mass is 35.5. The fourth-order valence-electron chi connectivity index (χ4n) is 0.551. The van der Waals surface area contributed by atoms with Gasteiger partial charge in [0.1, 0.15) is 6.26 Å². The summed E-state index contributed by atoms with van der Waals surface area (Å²) in [4.78, 5) is 14.4. The molecule has 0 atom stereocenters.